The highest BCUT2D eigenvalue weighted by atomic mass is 16.4. The van der Waals surface area contributed by atoms with Crippen LogP contribution in [0.15, 0.2) is 12.2 Å². The van der Waals surface area contributed by atoms with Gasteiger partial charge in [0.15, 0.2) is 0 Å². The molecular formula is C23H45NO2. The second-order valence-electron chi connectivity index (χ2n) is 7.96. The van der Waals surface area contributed by atoms with Crippen molar-refractivity contribution >= 4 is 6.09 Å². The van der Waals surface area contributed by atoms with Crippen LogP contribution in [0.25, 0.3) is 0 Å². The van der Waals surface area contributed by atoms with Gasteiger partial charge in [-0.3, -0.25) is 0 Å². The lowest BCUT2D eigenvalue weighted by molar-refractivity contribution is 0.148. The van der Waals surface area contributed by atoms with E-state index in [1.165, 1.54) is 94.8 Å². The molecule has 3 nitrogen and oxygen atoms in total. The fourth-order valence-corrected chi connectivity index (χ4v) is 3.42. The lowest BCUT2D eigenvalue weighted by atomic mass is 10.0. The van der Waals surface area contributed by atoms with Crippen molar-refractivity contribution in [2.24, 2.45) is 0 Å². The van der Waals surface area contributed by atoms with E-state index in [1.54, 1.807) is 0 Å². The number of hydrogen-bond donors (Lipinski definition) is 1. The van der Waals surface area contributed by atoms with E-state index in [-0.39, 0.29) is 0 Å². The highest BCUT2D eigenvalue weighted by Crippen LogP contribution is 2.14. The van der Waals surface area contributed by atoms with Crippen LogP contribution in [0.1, 0.15) is 117 Å². The van der Waals surface area contributed by atoms with E-state index >= 15 is 0 Å². The molecule has 0 saturated carbocycles. The summed E-state index contributed by atoms with van der Waals surface area (Å²) in [4.78, 5) is 12.6. The van der Waals surface area contributed by atoms with Crippen molar-refractivity contribution in [2.75, 3.05) is 13.1 Å². The van der Waals surface area contributed by atoms with Gasteiger partial charge >= 0.3 is 6.09 Å². The third-order valence-corrected chi connectivity index (χ3v) is 5.01. The molecule has 1 amide bonds. The van der Waals surface area contributed by atoms with Crippen molar-refractivity contribution in [2.45, 2.75) is 117 Å². The van der Waals surface area contributed by atoms with E-state index in [0.29, 0.717) is 13.1 Å². The summed E-state index contributed by atoms with van der Waals surface area (Å²) in [6.45, 7) is 9.06. The van der Waals surface area contributed by atoms with Gasteiger partial charge in [0, 0.05) is 13.1 Å². The second kappa shape index (κ2) is 18.8. The lowest BCUT2D eigenvalue weighted by Gasteiger charge is -2.18. The second-order valence-corrected chi connectivity index (χ2v) is 7.96. The van der Waals surface area contributed by atoms with Crippen LogP contribution in [0, 0.1) is 0 Å². The van der Waals surface area contributed by atoms with Crippen molar-refractivity contribution in [3.63, 3.8) is 0 Å². The van der Waals surface area contributed by atoms with Gasteiger partial charge in [0.25, 0.3) is 0 Å². The number of amides is 1. The highest BCUT2D eigenvalue weighted by Gasteiger charge is 2.10. The van der Waals surface area contributed by atoms with Crippen LogP contribution in [0.4, 0.5) is 4.79 Å². The van der Waals surface area contributed by atoms with E-state index < -0.39 is 6.09 Å². The molecule has 0 saturated heterocycles. The van der Waals surface area contributed by atoms with E-state index in [1.807, 2.05) is 6.92 Å². The standard InChI is InChI=1S/C23H45NO2/c1-4-5-6-7-8-9-10-11-12-13-14-15-16-17-18-19-20-24(23(25)26)21-22(2)3/h2,4-21H2,1,3H3,(H,25,26). The Morgan fingerprint density at radius 1 is 0.731 bits per heavy atom. The zero-order valence-electron chi connectivity index (χ0n) is 17.7. The maximum atomic E-state index is 11.1. The molecule has 0 heterocycles. The Morgan fingerprint density at radius 3 is 1.38 bits per heavy atom. The van der Waals surface area contributed by atoms with E-state index in [4.69, 9.17) is 5.11 Å². The minimum Gasteiger partial charge on any atom is -0.465 e. The molecule has 0 spiro atoms. The Kier molecular flexibility index (Phi) is 18.1. The van der Waals surface area contributed by atoms with Crippen LogP contribution in [0.2, 0.25) is 0 Å². The minimum atomic E-state index is -0.825. The molecule has 1 N–H and O–H groups in total. The Morgan fingerprint density at radius 2 is 1.08 bits per heavy atom. The fourth-order valence-electron chi connectivity index (χ4n) is 3.42. The summed E-state index contributed by atoms with van der Waals surface area (Å²) in [5, 5.41) is 9.13. The van der Waals surface area contributed by atoms with Crippen molar-refractivity contribution in [3.8, 4) is 0 Å². The topological polar surface area (TPSA) is 40.5 Å². The third kappa shape index (κ3) is 17.8. The summed E-state index contributed by atoms with van der Waals surface area (Å²) in [5.74, 6) is 0. The monoisotopic (exact) mass is 367 g/mol. The van der Waals surface area contributed by atoms with Gasteiger partial charge in [-0.2, -0.15) is 0 Å². The molecule has 0 unspecified atom stereocenters. The predicted molar refractivity (Wildman–Crippen MR) is 114 cm³/mol. The first kappa shape index (κ1) is 25.0. The quantitative estimate of drug-likeness (QED) is 0.187. The van der Waals surface area contributed by atoms with E-state index in [2.05, 4.69) is 13.5 Å². The Bertz CT molecular complexity index is 341. The summed E-state index contributed by atoms with van der Waals surface area (Å²) >= 11 is 0. The number of hydrogen-bond acceptors (Lipinski definition) is 1. The van der Waals surface area contributed by atoms with Gasteiger partial charge in [-0.05, 0) is 13.3 Å². The van der Waals surface area contributed by atoms with Crippen molar-refractivity contribution in [1.82, 2.24) is 4.90 Å². The van der Waals surface area contributed by atoms with E-state index in [0.717, 1.165) is 18.4 Å². The minimum absolute atomic E-state index is 0.466. The van der Waals surface area contributed by atoms with Gasteiger partial charge in [0.1, 0.15) is 0 Å². The predicted octanol–water partition coefficient (Wildman–Crippen LogP) is 7.80. The van der Waals surface area contributed by atoms with Crippen LogP contribution in [0.3, 0.4) is 0 Å². The molecule has 0 aromatic carbocycles. The SMILES string of the molecule is C=C(C)CN(CCCCCCCCCCCCCCCCCC)C(=O)O. The first-order valence-electron chi connectivity index (χ1n) is 11.2. The maximum Gasteiger partial charge on any atom is 0.407 e. The average molecular weight is 368 g/mol. The Balaban J connectivity index is 3.26. The number of unbranched alkanes of at least 4 members (excludes halogenated alkanes) is 15. The zero-order valence-corrected chi connectivity index (χ0v) is 17.7. The summed E-state index contributed by atoms with van der Waals surface area (Å²) in [5.41, 5.74) is 0.906. The van der Waals surface area contributed by atoms with Crippen LogP contribution in [0.5, 0.6) is 0 Å². The molecule has 0 fully saturated rings. The number of rotatable bonds is 19. The zero-order chi connectivity index (χ0) is 19.5. The molecule has 154 valence electrons. The molecule has 0 bridgehead atoms. The van der Waals surface area contributed by atoms with Crippen LogP contribution in [-0.2, 0) is 0 Å². The van der Waals surface area contributed by atoms with Gasteiger partial charge in [-0.15, -0.1) is 0 Å². The van der Waals surface area contributed by atoms with Crippen LogP contribution < -0.4 is 0 Å². The number of carbonyl (C=O) groups is 1. The van der Waals surface area contributed by atoms with Gasteiger partial charge in [-0.25, -0.2) is 4.79 Å². The van der Waals surface area contributed by atoms with Crippen molar-refractivity contribution < 1.29 is 9.90 Å². The summed E-state index contributed by atoms with van der Waals surface area (Å²) < 4.78 is 0. The molecule has 26 heavy (non-hydrogen) atoms. The molecule has 0 aliphatic heterocycles. The molecule has 3 heteroatoms. The molecule has 0 rings (SSSR count). The van der Waals surface area contributed by atoms with Crippen molar-refractivity contribution in [1.29, 1.82) is 0 Å². The molecule has 0 radical (unpaired) electrons. The molecule has 0 aromatic heterocycles. The van der Waals surface area contributed by atoms with Crippen LogP contribution in [-0.4, -0.2) is 29.2 Å². The number of carboxylic acid groups (broad SMARTS) is 1. The Hall–Kier alpha value is -0.990. The smallest absolute Gasteiger partial charge is 0.407 e. The average Bonchev–Trinajstić information content (AvgIpc) is 2.59. The molecular weight excluding hydrogens is 322 g/mol. The summed E-state index contributed by atoms with van der Waals surface area (Å²) in [7, 11) is 0. The number of nitrogens with zero attached hydrogens (tertiary/aromatic N) is 1. The largest absolute Gasteiger partial charge is 0.465 e. The van der Waals surface area contributed by atoms with Gasteiger partial charge in [0.2, 0.25) is 0 Å². The highest BCUT2D eigenvalue weighted by molar-refractivity contribution is 5.65. The first-order valence-corrected chi connectivity index (χ1v) is 11.2. The molecule has 0 aromatic rings. The summed E-state index contributed by atoms with van der Waals surface area (Å²) in [6.07, 6.45) is 20.6. The fraction of sp³-hybridized carbons (Fsp3) is 0.870. The summed E-state index contributed by atoms with van der Waals surface area (Å²) in [6, 6.07) is 0. The maximum absolute atomic E-state index is 11.1. The molecule has 0 aliphatic carbocycles. The normalized spacial score (nSPS) is 10.8. The third-order valence-electron chi connectivity index (χ3n) is 5.01. The van der Waals surface area contributed by atoms with Gasteiger partial charge in [-0.1, -0.05) is 115 Å². The molecule has 0 aliphatic rings. The van der Waals surface area contributed by atoms with E-state index in [9.17, 15) is 4.79 Å². The van der Waals surface area contributed by atoms with Crippen LogP contribution >= 0.6 is 0 Å². The van der Waals surface area contributed by atoms with Crippen molar-refractivity contribution in [3.05, 3.63) is 12.2 Å². The van der Waals surface area contributed by atoms with Gasteiger partial charge in [0.05, 0.1) is 0 Å². The van der Waals surface area contributed by atoms with Gasteiger partial charge < -0.3 is 10.0 Å². The molecule has 0 atom stereocenters. The lowest BCUT2D eigenvalue weighted by Crippen LogP contribution is -2.31. The first-order chi connectivity index (χ1) is 12.6. The Labute approximate surface area is 163 Å².